The summed E-state index contributed by atoms with van der Waals surface area (Å²) in [6.07, 6.45) is 1.70. The number of thiocarbonyl (C=S) groups is 1. The minimum Gasteiger partial charge on any atom is -0.376 e. The molecule has 0 aliphatic carbocycles. The Morgan fingerprint density at radius 2 is 2.45 bits per heavy atom. The molecule has 1 aromatic heterocycles. The molecule has 0 saturated carbocycles. The normalized spacial score (nSPS) is 9.18. The van der Waals surface area contributed by atoms with Crippen LogP contribution in [0.5, 0.6) is 0 Å². The van der Waals surface area contributed by atoms with Crippen LogP contribution in [0.3, 0.4) is 0 Å². The number of pyridine rings is 1. The maximum absolute atomic E-state index is 5.25. The predicted molar refractivity (Wildman–Crippen MR) is 49.4 cm³/mol. The van der Waals surface area contributed by atoms with E-state index in [-0.39, 0.29) is 5.11 Å². The molecule has 0 aromatic carbocycles. The van der Waals surface area contributed by atoms with Gasteiger partial charge in [0, 0.05) is 6.20 Å². The third-order valence-electron chi connectivity index (χ3n) is 1.17. The van der Waals surface area contributed by atoms with Crippen molar-refractivity contribution in [2.75, 3.05) is 5.32 Å². The Labute approximate surface area is 70.6 Å². The first-order chi connectivity index (χ1) is 5.18. The highest BCUT2D eigenvalue weighted by Crippen LogP contribution is 2.03. The van der Waals surface area contributed by atoms with E-state index in [1.54, 1.807) is 6.20 Å². The Morgan fingerprint density at radius 3 is 3.00 bits per heavy atom. The van der Waals surface area contributed by atoms with Crippen molar-refractivity contribution in [2.45, 2.75) is 6.92 Å². The molecule has 11 heavy (non-hydrogen) atoms. The molecule has 0 fully saturated rings. The summed E-state index contributed by atoms with van der Waals surface area (Å²) in [4.78, 5) is 4.00. The lowest BCUT2D eigenvalue weighted by molar-refractivity contribution is 1.28. The van der Waals surface area contributed by atoms with Gasteiger partial charge in [-0.2, -0.15) is 0 Å². The minimum absolute atomic E-state index is 0.239. The van der Waals surface area contributed by atoms with Crippen LogP contribution in [0.15, 0.2) is 18.3 Å². The molecular formula is C7H9N3S. The summed E-state index contributed by atoms with van der Waals surface area (Å²) in [5, 5.41) is 2.98. The van der Waals surface area contributed by atoms with E-state index >= 15 is 0 Å². The van der Waals surface area contributed by atoms with E-state index in [4.69, 9.17) is 5.73 Å². The molecule has 3 nitrogen and oxygen atoms in total. The van der Waals surface area contributed by atoms with Crippen LogP contribution in [0.2, 0.25) is 0 Å². The molecule has 0 atom stereocenters. The van der Waals surface area contributed by atoms with Gasteiger partial charge in [0.25, 0.3) is 0 Å². The Bertz CT molecular complexity index is 272. The second kappa shape index (κ2) is 3.30. The Kier molecular flexibility index (Phi) is 2.38. The third kappa shape index (κ3) is 2.51. The van der Waals surface area contributed by atoms with Gasteiger partial charge in [-0.3, -0.25) is 0 Å². The fourth-order valence-corrected chi connectivity index (χ4v) is 0.835. The SMILES string of the molecule is Cc1ccnc(NC(N)=S)c1. The number of hydrogen-bond acceptors (Lipinski definition) is 2. The van der Waals surface area contributed by atoms with E-state index in [0.717, 1.165) is 5.56 Å². The molecule has 1 heterocycles. The maximum Gasteiger partial charge on any atom is 0.169 e. The van der Waals surface area contributed by atoms with E-state index in [1.807, 2.05) is 19.1 Å². The van der Waals surface area contributed by atoms with Crippen molar-refractivity contribution in [3.05, 3.63) is 23.9 Å². The van der Waals surface area contributed by atoms with Gasteiger partial charge in [-0.05, 0) is 36.8 Å². The first-order valence-corrected chi connectivity index (χ1v) is 3.58. The van der Waals surface area contributed by atoms with Crippen LogP contribution in [0.1, 0.15) is 5.56 Å². The lowest BCUT2D eigenvalue weighted by Gasteiger charge is -2.01. The number of nitrogens with zero attached hydrogens (tertiary/aromatic N) is 1. The Balaban J connectivity index is 2.79. The molecule has 0 saturated heterocycles. The first-order valence-electron chi connectivity index (χ1n) is 3.17. The van der Waals surface area contributed by atoms with Crippen LogP contribution < -0.4 is 11.1 Å². The molecule has 0 bridgehead atoms. The van der Waals surface area contributed by atoms with Crippen molar-refractivity contribution in [3.63, 3.8) is 0 Å². The van der Waals surface area contributed by atoms with Gasteiger partial charge in [-0.15, -0.1) is 0 Å². The zero-order valence-electron chi connectivity index (χ0n) is 6.16. The van der Waals surface area contributed by atoms with Gasteiger partial charge in [0.15, 0.2) is 5.11 Å². The van der Waals surface area contributed by atoms with Gasteiger partial charge < -0.3 is 11.1 Å². The van der Waals surface area contributed by atoms with Gasteiger partial charge >= 0.3 is 0 Å². The number of nitrogens with two attached hydrogens (primary N) is 1. The number of hydrogen-bond donors (Lipinski definition) is 2. The van der Waals surface area contributed by atoms with Crippen molar-refractivity contribution >= 4 is 23.1 Å². The molecule has 0 aliphatic rings. The standard InChI is InChI=1S/C7H9N3S/c1-5-2-3-9-6(4-5)10-7(8)11/h2-4H,1H3,(H3,8,9,10,11). The molecule has 3 N–H and O–H groups in total. The van der Waals surface area contributed by atoms with Gasteiger partial charge in [-0.25, -0.2) is 4.98 Å². The van der Waals surface area contributed by atoms with Crippen molar-refractivity contribution in [3.8, 4) is 0 Å². The monoisotopic (exact) mass is 167 g/mol. The Hall–Kier alpha value is -1.16. The van der Waals surface area contributed by atoms with Crippen molar-refractivity contribution in [1.29, 1.82) is 0 Å². The second-order valence-electron chi connectivity index (χ2n) is 2.21. The van der Waals surface area contributed by atoms with Gasteiger partial charge in [-0.1, -0.05) is 0 Å². The van der Waals surface area contributed by atoms with Crippen molar-refractivity contribution < 1.29 is 0 Å². The highest BCUT2D eigenvalue weighted by molar-refractivity contribution is 7.80. The molecule has 1 rings (SSSR count). The summed E-state index contributed by atoms with van der Waals surface area (Å²) >= 11 is 4.65. The zero-order chi connectivity index (χ0) is 8.27. The molecular weight excluding hydrogens is 158 g/mol. The molecule has 1 aromatic rings. The van der Waals surface area contributed by atoms with Crippen LogP contribution >= 0.6 is 12.2 Å². The largest absolute Gasteiger partial charge is 0.376 e. The van der Waals surface area contributed by atoms with Crippen molar-refractivity contribution in [2.24, 2.45) is 5.73 Å². The number of aryl methyl sites for hydroxylation is 1. The summed E-state index contributed by atoms with van der Waals surface area (Å²) in [5.41, 5.74) is 6.38. The molecule has 0 unspecified atom stereocenters. The Morgan fingerprint density at radius 1 is 1.73 bits per heavy atom. The zero-order valence-corrected chi connectivity index (χ0v) is 6.98. The van der Waals surface area contributed by atoms with Crippen LogP contribution in [0, 0.1) is 6.92 Å². The summed E-state index contributed by atoms with van der Waals surface area (Å²) in [7, 11) is 0. The van der Waals surface area contributed by atoms with Crippen LogP contribution in [0.25, 0.3) is 0 Å². The number of aromatic nitrogens is 1. The fourth-order valence-electron chi connectivity index (χ4n) is 0.731. The quantitative estimate of drug-likeness (QED) is 0.614. The fraction of sp³-hybridized carbons (Fsp3) is 0.143. The molecule has 0 spiro atoms. The average Bonchev–Trinajstić information content (AvgIpc) is 1.85. The van der Waals surface area contributed by atoms with Gasteiger partial charge in [0.1, 0.15) is 5.82 Å². The summed E-state index contributed by atoms with van der Waals surface area (Å²) in [6.45, 7) is 1.98. The topological polar surface area (TPSA) is 50.9 Å². The molecule has 58 valence electrons. The number of anilines is 1. The highest BCUT2D eigenvalue weighted by Gasteiger charge is 1.92. The minimum atomic E-state index is 0.239. The van der Waals surface area contributed by atoms with Gasteiger partial charge in [0.05, 0.1) is 0 Å². The van der Waals surface area contributed by atoms with E-state index in [1.165, 1.54) is 0 Å². The van der Waals surface area contributed by atoms with Gasteiger partial charge in [0.2, 0.25) is 0 Å². The van der Waals surface area contributed by atoms with Crippen LogP contribution in [-0.2, 0) is 0 Å². The molecule has 0 aliphatic heterocycles. The van der Waals surface area contributed by atoms with E-state index in [0.29, 0.717) is 5.82 Å². The van der Waals surface area contributed by atoms with Crippen LogP contribution in [-0.4, -0.2) is 10.1 Å². The van der Waals surface area contributed by atoms with E-state index in [9.17, 15) is 0 Å². The predicted octanol–water partition coefficient (Wildman–Crippen LogP) is 1.05. The molecule has 0 amide bonds. The number of rotatable bonds is 1. The number of nitrogens with one attached hydrogen (secondary N) is 1. The average molecular weight is 167 g/mol. The molecule has 4 heteroatoms. The summed E-state index contributed by atoms with van der Waals surface area (Å²) in [5.74, 6) is 0.692. The maximum atomic E-state index is 5.25. The highest BCUT2D eigenvalue weighted by atomic mass is 32.1. The van der Waals surface area contributed by atoms with E-state index in [2.05, 4.69) is 22.5 Å². The smallest absolute Gasteiger partial charge is 0.169 e. The van der Waals surface area contributed by atoms with Crippen molar-refractivity contribution in [1.82, 2.24) is 4.98 Å². The van der Waals surface area contributed by atoms with E-state index < -0.39 is 0 Å². The third-order valence-corrected chi connectivity index (χ3v) is 1.27. The summed E-state index contributed by atoms with van der Waals surface area (Å²) < 4.78 is 0. The molecule has 0 radical (unpaired) electrons. The first kappa shape index (κ1) is 7.94. The lowest BCUT2D eigenvalue weighted by Crippen LogP contribution is -2.19. The second-order valence-corrected chi connectivity index (χ2v) is 2.65. The summed E-state index contributed by atoms with van der Waals surface area (Å²) in [6, 6.07) is 3.78. The van der Waals surface area contributed by atoms with Crippen LogP contribution in [0.4, 0.5) is 5.82 Å². The lowest BCUT2D eigenvalue weighted by atomic mass is 10.3.